The Morgan fingerprint density at radius 2 is 2.31 bits per heavy atom. The molecule has 3 atom stereocenters. The van der Waals surface area contributed by atoms with Gasteiger partial charge in [0.2, 0.25) is 0 Å². The lowest BCUT2D eigenvalue weighted by atomic mass is 9.82. The van der Waals surface area contributed by atoms with Crippen molar-refractivity contribution < 1.29 is 19.4 Å². The van der Waals surface area contributed by atoms with Crippen LogP contribution in [0.25, 0.3) is 0 Å². The first-order valence-corrected chi connectivity index (χ1v) is 6.01. The minimum Gasteiger partial charge on any atom is -0.464 e. The van der Waals surface area contributed by atoms with Gasteiger partial charge in [-0.25, -0.2) is 4.79 Å². The van der Waals surface area contributed by atoms with E-state index in [0.29, 0.717) is 19.6 Å². The maximum Gasteiger partial charge on any atom is 0.335 e. The Morgan fingerprint density at radius 3 is 2.88 bits per heavy atom. The van der Waals surface area contributed by atoms with Gasteiger partial charge in [-0.1, -0.05) is 6.92 Å². The Labute approximate surface area is 96.9 Å². The molecule has 1 rings (SSSR count). The van der Waals surface area contributed by atoms with Gasteiger partial charge in [0.1, 0.15) is 0 Å². The van der Waals surface area contributed by atoms with E-state index in [1.165, 1.54) is 0 Å². The smallest absolute Gasteiger partial charge is 0.335 e. The fourth-order valence-corrected chi connectivity index (χ4v) is 2.11. The molecule has 1 N–H and O–H groups in total. The van der Waals surface area contributed by atoms with Crippen molar-refractivity contribution in [2.45, 2.75) is 51.7 Å². The van der Waals surface area contributed by atoms with Crippen LogP contribution in [-0.2, 0) is 14.3 Å². The normalized spacial score (nSPS) is 32.1. The van der Waals surface area contributed by atoms with Crippen LogP contribution >= 0.6 is 0 Å². The standard InChI is InChI=1S/C12H22O4/c1-4-12(3)8-9(6-7-16-12)10(13)11(14)15-5-2/h9-10,13H,4-8H2,1-3H3. The molecule has 0 aromatic heterocycles. The summed E-state index contributed by atoms with van der Waals surface area (Å²) in [6.07, 6.45) is 1.31. The minimum absolute atomic E-state index is 0.0438. The fraction of sp³-hybridized carbons (Fsp3) is 0.917. The molecule has 0 amide bonds. The first-order chi connectivity index (χ1) is 7.52. The number of rotatable bonds is 4. The summed E-state index contributed by atoms with van der Waals surface area (Å²) in [4.78, 5) is 11.4. The van der Waals surface area contributed by atoms with E-state index in [1.54, 1.807) is 6.92 Å². The van der Waals surface area contributed by atoms with Gasteiger partial charge in [0.05, 0.1) is 12.2 Å². The average Bonchev–Trinajstić information content (AvgIpc) is 2.28. The number of carbonyl (C=O) groups is 1. The largest absolute Gasteiger partial charge is 0.464 e. The first-order valence-electron chi connectivity index (χ1n) is 6.01. The molecule has 4 nitrogen and oxygen atoms in total. The number of ether oxygens (including phenoxy) is 2. The van der Waals surface area contributed by atoms with E-state index < -0.39 is 12.1 Å². The molecule has 1 fully saturated rings. The third-order valence-electron chi connectivity index (χ3n) is 3.36. The summed E-state index contributed by atoms with van der Waals surface area (Å²) in [7, 11) is 0. The molecule has 3 unspecified atom stereocenters. The van der Waals surface area contributed by atoms with Crippen molar-refractivity contribution in [2.75, 3.05) is 13.2 Å². The second-order valence-electron chi connectivity index (χ2n) is 4.60. The van der Waals surface area contributed by atoms with E-state index >= 15 is 0 Å². The van der Waals surface area contributed by atoms with Crippen molar-refractivity contribution in [1.29, 1.82) is 0 Å². The predicted octanol–water partition coefficient (Wildman–Crippen LogP) is 1.51. The SMILES string of the molecule is CCOC(=O)C(O)C1CCOC(C)(CC)C1. The van der Waals surface area contributed by atoms with Crippen LogP contribution in [0.4, 0.5) is 0 Å². The second kappa shape index (κ2) is 5.64. The molecule has 4 heteroatoms. The van der Waals surface area contributed by atoms with Gasteiger partial charge in [-0.05, 0) is 33.1 Å². The quantitative estimate of drug-likeness (QED) is 0.744. The van der Waals surface area contributed by atoms with Gasteiger partial charge in [0.25, 0.3) is 0 Å². The molecule has 0 aliphatic carbocycles. The maximum atomic E-state index is 11.4. The van der Waals surface area contributed by atoms with E-state index in [4.69, 9.17) is 9.47 Å². The highest BCUT2D eigenvalue weighted by atomic mass is 16.5. The van der Waals surface area contributed by atoms with Crippen LogP contribution in [0.3, 0.4) is 0 Å². The number of hydrogen-bond acceptors (Lipinski definition) is 4. The molecule has 0 spiro atoms. The Bertz CT molecular complexity index is 241. The van der Waals surface area contributed by atoms with E-state index in [1.807, 2.05) is 6.92 Å². The van der Waals surface area contributed by atoms with E-state index in [-0.39, 0.29) is 11.5 Å². The van der Waals surface area contributed by atoms with Crippen LogP contribution in [0.2, 0.25) is 0 Å². The molecular formula is C12H22O4. The highest BCUT2D eigenvalue weighted by Crippen LogP contribution is 2.33. The molecule has 1 heterocycles. The summed E-state index contributed by atoms with van der Waals surface area (Å²) >= 11 is 0. The van der Waals surface area contributed by atoms with Crippen molar-refractivity contribution in [1.82, 2.24) is 0 Å². The molecular weight excluding hydrogens is 208 g/mol. The summed E-state index contributed by atoms with van der Waals surface area (Å²) in [6, 6.07) is 0. The van der Waals surface area contributed by atoms with Crippen LogP contribution in [0.1, 0.15) is 40.0 Å². The van der Waals surface area contributed by atoms with Crippen LogP contribution in [0.15, 0.2) is 0 Å². The van der Waals surface area contributed by atoms with Crippen molar-refractivity contribution >= 4 is 5.97 Å². The molecule has 1 aliphatic heterocycles. The Hall–Kier alpha value is -0.610. The Balaban J connectivity index is 2.56. The first kappa shape index (κ1) is 13.5. The molecule has 1 aliphatic rings. The fourth-order valence-electron chi connectivity index (χ4n) is 2.11. The lowest BCUT2D eigenvalue weighted by Crippen LogP contribution is -2.43. The highest BCUT2D eigenvalue weighted by molar-refractivity contribution is 5.74. The second-order valence-corrected chi connectivity index (χ2v) is 4.60. The molecule has 0 radical (unpaired) electrons. The Kier molecular flexibility index (Phi) is 4.74. The summed E-state index contributed by atoms with van der Waals surface area (Å²) < 4.78 is 10.5. The summed E-state index contributed by atoms with van der Waals surface area (Å²) in [5, 5.41) is 9.87. The van der Waals surface area contributed by atoms with Crippen LogP contribution in [-0.4, -0.2) is 36.0 Å². The van der Waals surface area contributed by atoms with Gasteiger partial charge in [0.15, 0.2) is 6.10 Å². The van der Waals surface area contributed by atoms with Crippen LogP contribution in [0.5, 0.6) is 0 Å². The van der Waals surface area contributed by atoms with E-state index in [9.17, 15) is 9.90 Å². The van der Waals surface area contributed by atoms with Crippen molar-refractivity contribution in [3.8, 4) is 0 Å². The molecule has 0 saturated carbocycles. The van der Waals surface area contributed by atoms with Crippen LogP contribution in [0, 0.1) is 5.92 Å². The molecule has 0 aromatic rings. The van der Waals surface area contributed by atoms with Crippen molar-refractivity contribution in [3.63, 3.8) is 0 Å². The predicted molar refractivity (Wildman–Crippen MR) is 60.0 cm³/mol. The minimum atomic E-state index is -1.00. The van der Waals surface area contributed by atoms with Gasteiger partial charge in [-0.3, -0.25) is 0 Å². The van der Waals surface area contributed by atoms with Gasteiger partial charge >= 0.3 is 5.97 Å². The van der Waals surface area contributed by atoms with E-state index in [2.05, 4.69) is 6.92 Å². The zero-order valence-corrected chi connectivity index (χ0v) is 10.4. The molecule has 16 heavy (non-hydrogen) atoms. The molecule has 0 aromatic carbocycles. The number of aliphatic hydroxyl groups excluding tert-OH is 1. The maximum absolute atomic E-state index is 11.4. The Morgan fingerprint density at radius 1 is 1.62 bits per heavy atom. The number of hydrogen-bond donors (Lipinski definition) is 1. The van der Waals surface area contributed by atoms with Gasteiger partial charge in [0, 0.05) is 12.5 Å². The number of esters is 1. The third kappa shape index (κ3) is 3.19. The molecule has 94 valence electrons. The summed E-state index contributed by atoms with van der Waals surface area (Å²) in [5.41, 5.74) is -0.212. The lowest BCUT2D eigenvalue weighted by Gasteiger charge is -2.38. The zero-order valence-electron chi connectivity index (χ0n) is 10.4. The van der Waals surface area contributed by atoms with Gasteiger partial charge in [-0.2, -0.15) is 0 Å². The molecule has 0 bridgehead atoms. The summed E-state index contributed by atoms with van der Waals surface area (Å²) in [5.74, 6) is -0.550. The van der Waals surface area contributed by atoms with Crippen LogP contribution < -0.4 is 0 Å². The van der Waals surface area contributed by atoms with Crippen molar-refractivity contribution in [2.24, 2.45) is 5.92 Å². The average molecular weight is 230 g/mol. The van der Waals surface area contributed by atoms with Crippen molar-refractivity contribution in [3.05, 3.63) is 0 Å². The number of aliphatic hydroxyl groups is 1. The monoisotopic (exact) mass is 230 g/mol. The van der Waals surface area contributed by atoms with E-state index in [0.717, 1.165) is 12.8 Å². The topological polar surface area (TPSA) is 55.8 Å². The number of carbonyl (C=O) groups excluding carboxylic acids is 1. The summed E-state index contributed by atoms with van der Waals surface area (Å²) in [6.45, 7) is 6.73. The molecule has 1 saturated heterocycles. The highest BCUT2D eigenvalue weighted by Gasteiger charge is 2.37. The zero-order chi connectivity index (χ0) is 12.2. The third-order valence-corrected chi connectivity index (χ3v) is 3.36. The van der Waals surface area contributed by atoms with Gasteiger partial charge < -0.3 is 14.6 Å². The van der Waals surface area contributed by atoms with Gasteiger partial charge in [-0.15, -0.1) is 0 Å². The lowest BCUT2D eigenvalue weighted by molar-refractivity contribution is -0.163.